The second kappa shape index (κ2) is 8.93. The first kappa shape index (κ1) is 20.0. The maximum atomic E-state index is 12.3. The highest BCUT2D eigenvalue weighted by Crippen LogP contribution is 2.34. The summed E-state index contributed by atoms with van der Waals surface area (Å²) in [5.41, 5.74) is 0.864. The number of carbonyl (C=O) groups is 1. The lowest BCUT2D eigenvalue weighted by Crippen LogP contribution is -2.17. The van der Waals surface area contributed by atoms with E-state index in [1.54, 1.807) is 20.9 Å². The van der Waals surface area contributed by atoms with E-state index in [9.17, 15) is 9.70 Å². The summed E-state index contributed by atoms with van der Waals surface area (Å²) in [7, 11) is 1.59. The van der Waals surface area contributed by atoms with E-state index in [0.717, 1.165) is 14.6 Å². The van der Waals surface area contributed by atoms with Gasteiger partial charge in [0.1, 0.15) is 0 Å². The van der Waals surface area contributed by atoms with E-state index in [4.69, 9.17) is 4.74 Å². The molecule has 0 spiro atoms. The summed E-state index contributed by atoms with van der Waals surface area (Å²) < 4.78 is 7.39. The Hall–Kier alpha value is -2.79. The Morgan fingerprint density at radius 3 is 2.75 bits per heavy atom. The van der Waals surface area contributed by atoms with Gasteiger partial charge in [0.05, 0.1) is 22.1 Å². The number of thioether (sulfide) groups is 1. The molecule has 0 unspecified atom stereocenters. The Morgan fingerprint density at radius 1 is 1.29 bits per heavy atom. The van der Waals surface area contributed by atoms with Crippen LogP contribution in [-0.4, -0.2) is 39.8 Å². The molecule has 3 rings (SSSR count). The second-order valence-electron chi connectivity index (χ2n) is 5.84. The van der Waals surface area contributed by atoms with Crippen molar-refractivity contribution in [2.24, 2.45) is 5.18 Å². The number of nitroso groups, excluding NO2 is 1. The van der Waals surface area contributed by atoms with Gasteiger partial charge in [0, 0.05) is 7.05 Å². The fraction of sp³-hybridized carbons (Fsp3) is 0.294. The van der Waals surface area contributed by atoms with Gasteiger partial charge in [-0.2, -0.15) is 9.97 Å². The van der Waals surface area contributed by atoms with Crippen LogP contribution in [0.3, 0.4) is 0 Å². The molecule has 0 radical (unpaired) electrons. The number of anilines is 2. The van der Waals surface area contributed by atoms with Crippen molar-refractivity contribution in [3.63, 3.8) is 0 Å². The largest absolute Gasteiger partial charge is 0.473 e. The van der Waals surface area contributed by atoms with Gasteiger partial charge in [0.25, 0.3) is 5.88 Å². The van der Waals surface area contributed by atoms with E-state index in [1.165, 1.54) is 23.1 Å². The predicted molar refractivity (Wildman–Crippen MR) is 112 cm³/mol. The lowest BCUT2D eigenvalue weighted by Gasteiger charge is -2.13. The minimum absolute atomic E-state index is 0.0125. The molecule has 2 heterocycles. The fourth-order valence-corrected chi connectivity index (χ4v) is 4.12. The smallest absolute Gasteiger partial charge is 0.251 e. The van der Waals surface area contributed by atoms with E-state index < -0.39 is 0 Å². The molecular weight excluding hydrogens is 400 g/mol. The van der Waals surface area contributed by atoms with Gasteiger partial charge in [-0.05, 0) is 31.2 Å². The Balaban J connectivity index is 1.71. The summed E-state index contributed by atoms with van der Waals surface area (Å²) in [6.45, 7) is 3.59. The molecule has 0 atom stereocenters. The van der Waals surface area contributed by atoms with Crippen molar-refractivity contribution in [1.29, 1.82) is 0 Å². The molecule has 1 amide bonds. The quantitative estimate of drug-likeness (QED) is 0.415. The molecule has 3 aromatic rings. The molecular formula is C17H18N6O3S2. The van der Waals surface area contributed by atoms with Gasteiger partial charge in [-0.1, -0.05) is 23.9 Å². The molecule has 28 heavy (non-hydrogen) atoms. The molecule has 11 heteroatoms. The number of aromatic nitrogens is 3. The first-order valence-corrected chi connectivity index (χ1v) is 10.2. The van der Waals surface area contributed by atoms with Crippen molar-refractivity contribution < 1.29 is 9.53 Å². The van der Waals surface area contributed by atoms with E-state index in [1.807, 2.05) is 24.3 Å². The normalized spacial score (nSPS) is 10.9. The number of nitrogens with one attached hydrogen (secondary N) is 2. The molecule has 9 nitrogen and oxygen atoms in total. The van der Waals surface area contributed by atoms with Gasteiger partial charge in [-0.3, -0.25) is 10.1 Å². The third-order valence-electron chi connectivity index (χ3n) is 3.38. The Labute approximate surface area is 169 Å². The first-order valence-electron chi connectivity index (χ1n) is 8.38. The van der Waals surface area contributed by atoms with Gasteiger partial charge in [-0.15, -0.1) is 16.2 Å². The topological polar surface area (TPSA) is 118 Å². The van der Waals surface area contributed by atoms with Crippen molar-refractivity contribution in [2.45, 2.75) is 24.3 Å². The van der Waals surface area contributed by atoms with Gasteiger partial charge in [0.2, 0.25) is 17.5 Å². The van der Waals surface area contributed by atoms with Crippen LogP contribution in [-0.2, 0) is 4.79 Å². The number of benzene rings is 1. The average molecular weight is 419 g/mol. The van der Waals surface area contributed by atoms with Crippen molar-refractivity contribution in [1.82, 2.24) is 15.0 Å². The predicted octanol–water partition coefficient (Wildman–Crippen LogP) is 4.04. The number of carbonyl (C=O) groups excluding carboxylic acids is 1. The highest BCUT2D eigenvalue weighted by Gasteiger charge is 2.18. The number of thiazole rings is 1. The zero-order valence-electron chi connectivity index (χ0n) is 15.4. The van der Waals surface area contributed by atoms with Crippen molar-refractivity contribution >= 4 is 56.7 Å². The minimum atomic E-state index is -0.298. The Morgan fingerprint density at radius 2 is 2.07 bits per heavy atom. The van der Waals surface area contributed by atoms with E-state index in [0.29, 0.717) is 0 Å². The third-order valence-corrected chi connectivity index (χ3v) is 5.56. The number of fused-ring (bicyclic) bond motifs is 1. The molecule has 0 aliphatic rings. The van der Waals surface area contributed by atoms with E-state index in [2.05, 4.69) is 30.8 Å². The Bertz CT molecular complexity index is 975. The number of hydrogen-bond acceptors (Lipinski definition) is 10. The number of hydrogen-bond donors (Lipinski definition) is 2. The molecule has 0 saturated heterocycles. The van der Waals surface area contributed by atoms with Gasteiger partial charge in [-0.25, -0.2) is 4.98 Å². The van der Waals surface area contributed by atoms with Crippen LogP contribution in [0.5, 0.6) is 5.88 Å². The van der Waals surface area contributed by atoms with Gasteiger partial charge >= 0.3 is 0 Å². The maximum Gasteiger partial charge on any atom is 0.251 e. The molecule has 1 aromatic carbocycles. The summed E-state index contributed by atoms with van der Waals surface area (Å²) in [5.74, 6) is 0.0655. The van der Waals surface area contributed by atoms with E-state index >= 15 is 0 Å². The molecule has 0 fully saturated rings. The summed E-state index contributed by atoms with van der Waals surface area (Å²) in [4.78, 5) is 36.1. The zero-order valence-corrected chi connectivity index (χ0v) is 17.1. The number of nitrogens with zero attached hydrogens (tertiary/aromatic N) is 4. The molecule has 146 valence electrons. The SMILES string of the molecule is CNc1nc(NC(=O)CSc2nc3ccccc3s2)nc(OC(C)C)c1N=O. The molecule has 0 aliphatic carbocycles. The summed E-state index contributed by atoms with van der Waals surface area (Å²) in [5, 5.41) is 8.30. The molecule has 0 saturated carbocycles. The standard InChI is InChI=1S/C17H18N6O3S2/c1-9(2)26-15-13(23-25)14(18-3)21-16(22-15)20-12(24)8-27-17-19-10-6-4-5-7-11(10)28-17/h4-7,9H,8H2,1-3H3,(H2,18,20,21,22,24). The average Bonchev–Trinajstić information content (AvgIpc) is 3.08. The monoisotopic (exact) mass is 418 g/mol. The van der Waals surface area contributed by atoms with Gasteiger partial charge < -0.3 is 10.1 Å². The number of rotatable bonds is 8. The van der Waals surface area contributed by atoms with Crippen LogP contribution in [0.15, 0.2) is 33.8 Å². The Kier molecular flexibility index (Phi) is 6.37. The third kappa shape index (κ3) is 4.73. The number of para-hydroxylation sites is 1. The van der Waals surface area contributed by atoms with E-state index in [-0.39, 0.29) is 41.1 Å². The summed E-state index contributed by atoms with van der Waals surface area (Å²) in [6, 6.07) is 7.80. The minimum Gasteiger partial charge on any atom is -0.473 e. The van der Waals surface area contributed by atoms with Crippen LogP contribution in [0.2, 0.25) is 0 Å². The van der Waals surface area contributed by atoms with Crippen LogP contribution in [0.1, 0.15) is 13.8 Å². The second-order valence-corrected chi connectivity index (χ2v) is 8.09. The summed E-state index contributed by atoms with van der Waals surface area (Å²) in [6.07, 6.45) is -0.224. The van der Waals surface area contributed by atoms with Crippen molar-refractivity contribution in [2.75, 3.05) is 23.4 Å². The van der Waals surface area contributed by atoms with Crippen molar-refractivity contribution in [3.05, 3.63) is 29.2 Å². The summed E-state index contributed by atoms with van der Waals surface area (Å²) >= 11 is 2.86. The van der Waals surface area contributed by atoms with Gasteiger partial charge in [0.15, 0.2) is 10.2 Å². The number of ether oxygens (including phenoxy) is 1. The van der Waals surface area contributed by atoms with Crippen LogP contribution < -0.4 is 15.4 Å². The highest BCUT2D eigenvalue weighted by molar-refractivity contribution is 8.01. The molecule has 2 aromatic heterocycles. The number of amides is 1. The van der Waals surface area contributed by atoms with Crippen LogP contribution in [0.25, 0.3) is 10.2 Å². The first-order chi connectivity index (χ1) is 13.5. The molecule has 0 aliphatic heterocycles. The van der Waals surface area contributed by atoms with Crippen LogP contribution >= 0.6 is 23.1 Å². The highest BCUT2D eigenvalue weighted by atomic mass is 32.2. The maximum absolute atomic E-state index is 12.3. The van der Waals surface area contributed by atoms with Crippen LogP contribution in [0, 0.1) is 4.91 Å². The molecule has 2 N–H and O–H groups in total. The lowest BCUT2D eigenvalue weighted by atomic mass is 10.3. The molecule has 0 bridgehead atoms. The van der Waals surface area contributed by atoms with Crippen molar-refractivity contribution in [3.8, 4) is 5.88 Å². The fourth-order valence-electron chi connectivity index (χ4n) is 2.25. The van der Waals surface area contributed by atoms with Crippen LogP contribution in [0.4, 0.5) is 17.5 Å². The zero-order chi connectivity index (χ0) is 20.1. The lowest BCUT2D eigenvalue weighted by molar-refractivity contribution is -0.113.